The van der Waals surface area contributed by atoms with E-state index in [4.69, 9.17) is 9.52 Å². The zero-order valence-electron chi connectivity index (χ0n) is 13.6. The van der Waals surface area contributed by atoms with Gasteiger partial charge in [-0.15, -0.1) is 5.10 Å². The van der Waals surface area contributed by atoms with Crippen molar-refractivity contribution in [1.82, 2.24) is 19.9 Å². The molecule has 130 valence electrons. The van der Waals surface area contributed by atoms with E-state index >= 15 is 0 Å². The van der Waals surface area contributed by atoms with Crippen LogP contribution in [0.2, 0.25) is 0 Å². The van der Waals surface area contributed by atoms with E-state index < -0.39 is 5.97 Å². The maximum Gasteiger partial charge on any atom is 0.358 e. The lowest BCUT2D eigenvalue weighted by atomic mass is 10.1. The molecule has 0 saturated carbocycles. The minimum atomic E-state index is -1.08. The van der Waals surface area contributed by atoms with E-state index in [1.807, 2.05) is 6.92 Å². The largest absolute Gasteiger partial charge is 0.476 e. The van der Waals surface area contributed by atoms with Crippen molar-refractivity contribution in [2.24, 2.45) is 0 Å². The maximum atomic E-state index is 13.4. The molecule has 1 N–H and O–H groups in total. The van der Waals surface area contributed by atoms with Crippen LogP contribution in [0, 0.1) is 12.7 Å². The fraction of sp³-hybridized carbons (Fsp3) is 0.353. The van der Waals surface area contributed by atoms with Crippen molar-refractivity contribution < 1.29 is 18.7 Å². The van der Waals surface area contributed by atoms with Gasteiger partial charge in [-0.1, -0.05) is 5.21 Å². The van der Waals surface area contributed by atoms with E-state index in [-0.39, 0.29) is 17.6 Å². The normalized spacial score (nSPS) is 18.2. The Morgan fingerprint density at radius 2 is 2.32 bits per heavy atom. The van der Waals surface area contributed by atoms with E-state index in [2.05, 4.69) is 15.2 Å². The molecular weight excluding hydrogens is 327 g/mol. The molecule has 3 heterocycles. The molecule has 0 spiro atoms. The predicted octanol–water partition coefficient (Wildman–Crippen LogP) is 2.62. The third-order valence-electron chi connectivity index (χ3n) is 4.72. The summed E-state index contributed by atoms with van der Waals surface area (Å²) < 4.78 is 20.9. The highest BCUT2D eigenvalue weighted by Gasteiger charge is 2.27. The number of furan rings is 1. The number of aryl methyl sites for hydroxylation is 1. The third-order valence-corrected chi connectivity index (χ3v) is 4.72. The zero-order valence-corrected chi connectivity index (χ0v) is 13.6. The number of carboxylic acids is 1. The van der Waals surface area contributed by atoms with Crippen molar-refractivity contribution in [3.63, 3.8) is 0 Å². The van der Waals surface area contributed by atoms with Crippen molar-refractivity contribution in [1.29, 1.82) is 0 Å². The molecule has 8 heteroatoms. The lowest BCUT2D eigenvalue weighted by molar-refractivity contribution is 0.0690. The summed E-state index contributed by atoms with van der Waals surface area (Å²) >= 11 is 0. The molecule has 2 aromatic heterocycles. The topological polar surface area (TPSA) is 84.4 Å². The average Bonchev–Trinajstić information content (AvgIpc) is 3.28. The third kappa shape index (κ3) is 2.89. The Bertz CT molecular complexity index is 949. The Morgan fingerprint density at radius 3 is 3.08 bits per heavy atom. The summed E-state index contributed by atoms with van der Waals surface area (Å²) in [5.41, 5.74) is 1.59. The Hall–Kier alpha value is -2.74. The van der Waals surface area contributed by atoms with Crippen LogP contribution in [-0.4, -0.2) is 44.1 Å². The molecule has 25 heavy (non-hydrogen) atoms. The fourth-order valence-corrected chi connectivity index (χ4v) is 3.32. The van der Waals surface area contributed by atoms with Crippen molar-refractivity contribution in [3.8, 4) is 0 Å². The average molecular weight is 344 g/mol. The van der Waals surface area contributed by atoms with E-state index in [9.17, 15) is 9.18 Å². The number of hydrogen-bond donors (Lipinski definition) is 1. The highest BCUT2D eigenvalue weighted by Crippen LogP contribution is 2.29. The molecule has 0 bridgehead atoms. The van der Waals surface area contributed by atoms with Gasteiger partial charge in [0.1, 0.15) is 17.2 Å². The first-order chi connectivity index (χ1) is 12.0. The van der Waals surface area contributed by atoms with Crippen LogP contribution in [0.5, 0.6) is 0 Å². The number of aromatic nitrogens is 3. The minimum absolute atomic E-state index is 0.0476. The molecule has 1 atom stereocenters. The minimum Gasteiger partial charge on any atom is -0.476 e. The number of aromatic carboxylic acids is 1. The first-order valence-corrected chi connectivity index (χ1v) is 8.06. The Morgan fingerprint density at radius 1 is 1.48 bits per heavy atom. The molecule has 0 aliphatic carbocycles. The van der Waals surface area contributed by atoms with E-state index in [0.29, 0.717) is 12.1 Å². The van der Waals surface area contributed by atoms with Gasteiger partial charge in [0, 0.05) is 18.5 Å². The van der Waals surface area contributed by atoms with Crippen LogP contribution in [0.3, 0.4) is 0 Å². The van der Waals surface area contributed by atoms with E-state index in [0.717, 1.165) is 36.2 Å². The molecule has 4 rings (SSSR count). The van der Waals surface area contributed by atoms with Crippen LogP contribution in [0.1, 0.15) is 34.3 Å². The first kappa shape index (κ1) is 15.8. The van der Waals surface area contributed by atoms with Crippen molar-refractivity contribution in [2.75, 3.05) is 13.1 Å². The number of carbonyl (C=O) groups is 1. The number of fused-ring (bicyclic) bond motifs is 1. The lowest BCUT2D eigenvalue weighted by Crippen LogP contribution is -2.21. The Kier molecular flexibility index (Phi) is 3.76. The van der Waals surface area contributed by atoms with Gasteiger partial charge >= 0.3 is 5.97 Å². The maximum absolute atomic E-state index is 13.4. The van der Waals surface area contributed by atoms with Gasteiger partial charge in [-0.3, -0.25) is 4.90 Å². The molecule has 1 aromatic carbocycles. The number of rotatable bonds is 4. The number of halogens is 1. The second-order valence-electron chi connectivity index (χ2n) is 6.36. The first-order valence-electron chi connectivity index (χ1n) is 8.06. The second-order valence-corrected chi connectivity index (χ2v) is 6.36. The predicted molar refractivity (Wildman–Crippen MR) is 86.8 cm³/mol. The fourth-order valence-electron chi connectivity index (χ4n) is 3.32. The standard InChI is InChI=1S/C17H17FN4O3/c1-10-13-6-11(18)2-3-15(13)25-16(10)9-21-5-4-12(7-21)22-8-14(17(23)24)19-20-22/h2-3,6,8,12H,4-5,7,9H2,1H3,(H,23,24). The van der Waals surface area contributed by atoms with Gasteiger partial charge in [-0.25, -0.2) is 13.9 Å². The van der Waals surface area contributed by atoms with Crippen molar-refractivity contribution >= 4 is 16.9 Å². The van der Waals surface area contributed by atoms with Gasteiger partial charge in [-0.05, 0) is 37.1 Å². The molecule has 7 nitrogen and oxygen atoms in total. The Balaban J connectivity index is 1.49. The smallest absolute Gasteiger partial charge is 0.358 e. The molecule has 3 aromatic rings. The summed E-state index contributed by atoms with van der Waals surface area (Å²) in [6.45, 7) is 4.13. The SMILES string of the molecule is Cc1c(CN2CCC(n3cc(C(=O)O)nn3)C2)oc2ccc(F)cc12. The summed E-state index contributed by atoms with van der Waals surface area (Å²) in [5, 5.41) is 17.3. The van der Waals surface area contributed by atoms with Crippen LogP contribution >= 0.6 is 0 Å². The number of carboxylic acid groups (broad SMARTS) is 1. The second kappa shape index (κ2) is 5.96. The van der Waals surface area contributed by atoms with Gasteiger partial charge in [0.05, 0.1) is 18.8 Å². The molecule has 0 radical (unpaired) electrons. The van der Waals surface area contributed by atoms with Gasteiger partial charge in [0.25, 0.3) is 0 Å². The summed E-state index contributed by atoms with van der Waals surface area (Å²) in [4.78, 5) is 13.1. The van der Waals surface area contributed by atoms with Crippen LogP contribution < -0.4 is 0 Å². The summed E-state index contributed by atoms with van der Waals surface area (Å²) in [5.74, 6) is -0.526. The Labute approximate surface area is 142 Å². The van der Waals surface area contributed by atoms with Gasteiger partial charge in [-0.2, -0.15) is 0 Å². The summed E-state index contributed by atoms with van der Waals surface area (Å²) in [6, 6.07) is 4.62. The number of nitrogens with zero attached hydrogens (tertiary/aromatic N) is 4. The van der Waals surface area contributed by atoms with Crippen LogP contribution in [-0.2, 0) is 6.54 Å². The van der Waals surface area contributed by atoms with Crippen LogP contribution in [0.25, 0.3) is 11.0 Å². The molecular formula is C17H17FN4O3. The monoisotopic (exact) mass is 344 g/mol. The number of hydrogen-bond acceptors (Lipinski definition) is 5. The quantitative estimate of drug-likeness (QED) is 0.783. The van der Waals surface area contributed by atoms with Gasteiger partial charge < -0.3 is 9.52 Å². The molecule has 1 unspecified atom stereocenters. The van der Waals surface area contributed by atoms with E-state index in [1.165, 1.54) is 18.3 Å². The number of likely N-dealkylation sites (tertiary alicyclic amines) is 1. The van der Waals surface area contributed by atoms with Crippen LogP contribution in [0.15, 0.2) is 28.8 Å². The molecule has 1 saturated heterocycles. The molecule has 0 amide bonds. The molecule has 1 aliphatic rings. The van der Waals surface area contributed by atoms with Crippen molar-refractivity contribution in [3.05, 3.63) is 47.2 Å². The summed E-state index contributed by atoms with van der Waals surface area (Å²) in [6.07, 6.45) is 2.32. The zero-order chi connectivity index (χ0) is 17.6. The van der Waals surface area contributed by atoms with Crippen molar-refractivity contribution in [2.45, 2.75) is 25.9 Å². The lowest BCUT2D eigenvalue weighted by Gasteiger charge is -2.14. The summed E-state index contributed by atoms with van der Waals surface area (Å²) in [7, 11) is 0. The molecule has 1 aliphatic heterocycles. The van der Waals surface area contributed by atoms with Crippen LogP contribution in [0.4, 0.5) is 4.39 Å². The highest BCUT2D eigenvalue weighted by molar-refractivity contribution is 5.84. The van der Waals surface area contributed by atoms with Gasteiger partial charge in [0.15, 0.2) is 5.69 Å². The van der Waals surface area contributed by atoms with E-state index in [1.54, 1.807) is 10.7 Å². The highest BCUT2D eigenvalue weighted by atomic mass is 19.1. The van der Waals surface area contributed by atoms with Gasteiger partial charge in [0.2, 0.25) is 0 Å². The number of benzene rings is 1. The molecule has 1 fully saturated rings.